The lowest BCUT2D eigenvalue weighted by Crippen LogP contribution is -2.47. The highest BCUT2D eigenvalue weighted by atomic mass is 16.2. The molecule has 2 aromatic rings. The second kappa shape index (κ2) is 11.1. The summed E-state index contributed by atoms with van der Waals surface area (Å²) in [4.78, 5) is 26.6. The number of nitrogens with zero attached hydrogens (tertiary/aromatic N) is 1. The van der Waals surface area contributed by atoms with Gasteiger partial charge < -0.3 is 10.6 Å². The highest BCUT2D eigenvalue weighted by molar-refractivity contribution is 5.96. The molecule has 2 rings (SSSR count). The molecule has 144 valence electrons. The van der Waals surface area contributed by atoms with Crippen molar-refractivity contribution in [2.75, 3.05) is 26.2 Å². The van der Waals surface area contributed by atoms with E-state index in [-0.39, 0.29) is 24.4 Å². The van der Waals surface area contributed by atoms with Crippen molar-refractivity contribution in [3.05, 3.63) is 71.8 Å². The van der Waals surface area contributed by atoms with Crippen LogP contribution in [0.4, 0.5) is 0 Å². The number of rotatable bonds is 10. The molecular weight excluding hydrogens is 338 g/mol. The van der Waals surface area contributed by atoms with E-state index >= 15 is 0 Å². The molecule has 0 aliphatic rings. The summed E-state index contributed by atoms with van der Waals surface area (Å²) >= 11 is 0. The van der Waals surface area contributed by atoms with Crippen LogP contribution in [0.15, 0.2) is 60.7 Å². The lowest BCUT2D eigenvalue weighted by atomic mass is 10.0. The van der Waals surface area contributed by atoms with E-state index in [2.05, 4.69) is 41.5 Å². The molecule has 2 aromatic carbocycles. The SMILES string of the molecule is CCN(CC)C(CNC(=O)CNC(=O)c1ccccc1)Cc1ccccc1. The zero-order valence-electron chi connectivity index (χ0n) is 16.2. The topological polar surface area (TPSA) is 61.4 Å². The Morgan fingerprint density at radius 3 is 2.07 bits per heavy atom. The van der Waals surface area contributed by atoms with E-state index in [4.69, 9.17) is 0 Å². The fourth-order valence-corrected chi connectivity index (χ4v) is 3.10. The van der Waals surface area contributed by atoms with E-state index in [1.54, 1.807) is 24.3 Å². The smallest absolute Gasteiger partial charge is 0.251 e. The Balaban J connectivity index is 1.85. The van der Waals surface area contributed by atoms with E-state index in [1.165, 1.54) is 5.56 Å². The average Bonchev–Trinajstić information content (AvgIpc) is 2.72. The Bertz CT molecular complexity index is 700. The van der Waals surface area contributed by atoms with Gasteiger partial charge in [0.05, 0.1) is 6.54 Å². The Hall–Kier alpha value is -2.66. The van der Waals surface area contributed by atoms with Gasteiger partial charge in [-0.15, -0.1) is 0 Å². The summed E-state index contributed by atoms with van der Waals surface area (Å²) in [5.41, 5.74) is 1.80. The van der Waals surface area contributed by atoms with Crippen LogP contribution in [0.1, 0.15) is 29.8 Å². The van der Waals surface area contributed by atoms with Crippen LogP contribution in [-0.4, -0.2) is 48.9 Å². The molecule has 27 heavy (non-hydrogen) atoms. The zero-order valence-corrected chi connectivity index (χ0v) is 16.2. The zero-order chi connectivity index (χ0) is 19.5. The molecule has 0 bridgehead atoms. The largest absolute Gasteiger partial charge is 0.353 e. The van der Waals surface area contributed by atoms with Crippen LogP contribution < -0.4 is 10.6 Å². The lowest BCUT2D eigenvalue weighted by Gasteiger charge is -2.30. The fraction of sp³-hybridized carbons (Fsp3) is 0.364. The van der Waals surface area contributed by atoms with Gasteiger partial charge in [-0.25, -0.2) is 0 Å². The van der Waals surface area contributed by atoms with E-state index in [9.17, 15) is 9.59 Å². The molecular formula is C22H29N3O2. The third-order valence-corrected chi connectivity index (χ3v) is 4.62. The van der Waals surface area contributed by atoms with Gasteiger partial charge in [-0.2, -0.15) is 0 Å². The van der Waals surface area contributed by atoms with Crippen LogP contribution in [0, 0.1) is 0 Å². The van der Waals surface area contributed by atoms with Gasteiger partial charge in [0, 0.05) is 18.2 Å². The van der Waals surface area contributed by atoms with Gasteiger partial charge in [-0.3, -0.25) is 14.5 Å². The molecule has 5 heteroatoms. The van der Waals surface area contributed by atoms with Gasteiger partial charge in [0.15, 0.2) is 0 Å². The van der Waals surface area contributed by atoms with Gasteiger partial charge in [0.2, 0.25) is 5.91 Å². The maximum atomic E-state index is 12.2. The highest BCUT2D eigenvalue weighted by Crippen LogP contribution is 2.08. The Kier molecular flexibility index (Phi) is 8.52. The normalized spacial score (nSPS) is 11.8. The first-order chi connectivity index (χ1) is 13.1. The van der Waals surface area contributed by atoms with E-state index in [0.717, 1.165) is 19.5 Å². The summed E-state index contributed by atoms with van der Waals surface area (Å²) in [5.74, 6) is -0.417. The first-order valence-electron chi connectivity index (χ1n) is 9.52. The lowest BCUT2D eigenvalue weighted by molar-refractivity contribution is -0.120. The summed E-state index contributed by atoms with van der Waals surface area (Å²) in [6, 6.07) is 19.4. The summed E-state index contributed by atoms with van der Waals surface area (Å²) in [6.07, 6.45) is 0.874. The van der Waals surface area contributed by atoms with E-state index in [0.29, 0.717) is 12.1 Å². The van der Waals surface area contributed by atoms with Crippen molar-refractivity contribution in [2.45, 2.75) is 26.3 Å². The Morgan fingerprint density at radius 1 is 0.889 bits per heavy atom. The number of nitrogens with one attached hydrogen (secondary N) is 2. The number of carbonyl (C=O) groups excluding carboxylic acids is 2. The molecule has 5 nitrogen and oxygen atoms in total. The Labute approximate surface area is 161 Å². The second-order valence-electron chi connectivity index (χ2n) is 6.42. The van der Waals surface area contributed by atoms with E-state index < -0.39 is 0 Å². The quantitative estimate of drug-likeness (QED) is 0.678. The molecule has 0 spiro atoms. The van der Waals surface area contributed by atoms with Crippen LogP contribution in [0.25, 0.3) is 0 Å². The van der Waals surface area contributed by atoms with Crippen molar-refractivity contribution in [3.63, 3.8) is 0 Å². The molecule has 0 aliphatic carbocycles. The van der Waals surface area contributed by atoms with Crippen LogP contribution in [-0.2, 0) is 11.2 Å². The van der Waals surface area contributed by atoms with Gasteiger partial charge in [0.25, 0.3) is 5.91 Å². The maximum absolute atomic E-state index is 12.2. The molecule has 0 saturated heterocycles. The predicted molar refractivity (Wildman–Crippen MR) is 109 cm³/mol. The molecule has 0 heterocycles. The molecule has 1 atom stereocenters. The van der Waals surface area contributed by atoms with Crippen LogP contribution in [0.3, 0.4) is 0 Å². The van der Waals surface area contributed by atoms with Crippen molar-refractivity contribution in [2.24, 2.45) is 0 Å². The number of likely N-dealkylation sites (N-methyl/N-ethyl adjacent to an activating group) is 1. The van der Waals surface area contributed by atoms with Crippen molar-refractivity contribution in [3.8, 4) is 0 Å². The Morgan fingerprint density at radius 2 is 1.48 bits per heavy atom. The highest BCUT2D eigenvalue weighted by Gasteiger charge is 2.17. The first kappa shape index (κ1) is 20.6. The van der Waals surface area contributed by atoms with Gasteiger partial charge in [-0.1, -0.05) is 62.4 Å². The number of amides is 2. The molecule has 0 fully saturated rings. The number of carbonyl (C=O) groups is 2. The minimum Gasteiger partial charge on any atom is -0.353 e. The minimum absolute atomic E-state index is 0.0238. The predicted octanol–water partition coefficient (Wildman–Crippen LogP) is 2.49. The molecule has 1 unspecified atom stereocenters. The molecule has 0 saturated carbocycles. The molecule has 0 aromatic heterocycles. The molecule has 0 radical (unpaired) electrons. The molecule has 2 amide bonds. The van der Waals surface area contributed by atoms with Gasteiger partial charge >= 0.3 is 0 Å². The average molecular weight is 367 g/mol. The number of hydrogen-bond donors (Lipinski definition) is 2. The maximum Gasteiger partial charge on any atom is 0.251 e. The minimum atomic E-state index is -0.240. The number of benzene rings is 2. The summed E-state index contributed by atoms with van der Waals surface area (Å²) in [6.45, 7) is 6.64. The molecule has 0 aliphatic heterocycles. The van der Waals surface area contributed by atoms with Gasteiger partial charge in [0.1, 0.15) is 0 Å². The molecule has 2 N–H and O–H groups in total. The van der Waals surface area contributed by atoms with Crippen molar-refractivity contribution in [1.82, 2.24) is 15.5 Å². The van der Waals surface area contributed by atoms with Crippen molar-refractivity contribution < 1.29 is 9.59 Å². The monoisotopic (exact) mass is 367 g/mol. The van der Waals surface area contributed by atoms with Gasteiger partial charge in [-0.05, 0) is 37.2 Å². The first-order valence-corrected chi connectivity index (χ1v) is 9.52. The summed E-state index contributed by atoms with van der Waals surface area (Å²) in [7, 11) is 0. The number of hydrogen-bond acceptors (Lipinski definition) is 3. The summed E-state index contributed by atoms with van der Waals surface area (Å²) in [5, 5.41) is 5.63. The second-order valence-corrected chi connectivity index (χ2v) is 6.42. The third-order valence-electron chi connectivity index (χ3n) is 4.62. The standard InChI is InChI=1S/C22H29N3O2/c1-3-25(4-2)20(15-18-11-7-5-8-12-18)16-23-21(26)17-24-22(27)19-13-9-6-10-14-19/h5-14,20H,3-4,15-17H2,1-2H3,(H,23,26)(H,24,27). The van der Waals surface area contributed by atoms with Crippen molar-refractivity contribution >= 4 is 11.8 Å². The fourth-order valence-electron chi connectivity index (χ4n) is 3.10. The van der Waals surface area contributed by atoms with Crippen LogP contribution >= 0.6 is 0 Å². The van der Waals surface area contributed by atoms with Crippen molar-refractivity contribution in [1.29, 1.82) is 0 Å². The van der Waals surface area contributed by atoms with Crippen LogP contribution in [0.5, 0.6) is 0 Å². The van der Waals surface area contributed by atoms with Crippen LogP contribution in [0.2, 0.25) is 0 Å². The summed E-state index contributed by atoms with van der Waals surface area (Å²) < 4.78 is 0. The third kappa shape index (κ3) is 6.87. The van der Waals surface area contributed by atoms with E-state index in [1.807, 2.05) is 24.3 Å².